The van der Waals surface area contributed by atoms with Gasteiger partial charge in [-0.05, 0) is 13.0 Å². The molecule has 0 amide bonds. The summed E-state index contributed by atoms with van der Waals surface area (Å²) in [6.45, 7) is 1.65. The first-order valence-electron chi connectivity index (χ1n) is 4.66. The molecule has 0 bridgehead atoms. The molecule has 0 saturated carbocycles. The summed E-state index contributed by atoms with van der Waals surface area (Å²) in [4.78, 5) is 10.7. The molecular formula is C9H8N2O5S2. The Morgan fingerprint density at radius 3 is 2.72 bits per heavy atom. The first kappa shape index (κ1) is 12.6. The van der Waals surface area contributed by atoms with Crippen molar-refractivity contribution in [3.63, 3.8) is 0 Å². The lowest BCUT2D eigenvalue weighted by atomic mass is 10.4. The maximum absolute atomic E-state index is 11.9. The Kier molecular flexibility index (Phi) is 3.09. The van der Waals surface area contributed by atoms with E-state index in [0.29, 0.717) is 5.69 Å². The van der Waals surface area contributed by atoms with E-state index in [9.17, 15) is 13.2 Å². The quantitative estimate of drug-likeness (QED) is 0.883. The molecule has 0 atom stereocenters. The van der Waals surface area contributed by atoms with E-state index in [0.717, 1.165) is 17.4 Å². The minimum absolute atomic E-state index is 0.0159. The normalized spacial score (nSPS) is 11.4. The van der Waals surface area contributed by atoms with Crippen molar-refractivity contribution in [1.82, 2.24) is 5.16 Å². The van der Waals surface area contributed by atoms with E-state index >= 15 is 0 Å². The van der Waals surface area contributed by atoms with E-state index in [-0.39, 0.29) is 15.7 Å². The van der Waals surface area contributed by atoms with Gasteiger partial charge in [0, 0.05) is 11.4 Å². The van der Waals surface area contributed by atoms with Gasteiger partial charge >= 0.3 is 5.97 Å². The lowest BCUT2D eigenvalue weighted by Crippen LogP contribution is -2.11. The molecule has 0 saturated heterocycles. The zero-order valence-electron chi connectivity index (χ0n) is 9.08. The molecule has 2 aromatic rings. The van der Waals surface area contributed by atoms with Crippen LogP contribution in [0.15, 0.2) is 26.2 Å². The van der Waals surface area contributed by atoms with Gasteiger partial charge in [-0.1, -0.05) is 5.16 Å². The van der Waals surface area contributed by atoms with Gasteiger partial charge in [0.1, 0.15) is 4.21 Å². The van der Waals surface area contributed by atoms with E-state index < -0.39 is 16.0 Å². The summed E-state index contributed by atoms with van der Waals surface area (Å²) in [5, 5.41) is 13.5. The minimum Gasteiger partial charge on any atom is -0.478 e. The minimum atomic E-state index is -3.84. The molecule has 96 valence electrons. The second-order valence-corrected chi connectivity index (χ2v) is 6.22. The van der Waals surface area contributed by atoms with E-state index in [1.807, 2.05) is 0 Å². The van der Waals surface area contributed by atoms with Gasteiger partial charge in [-0.3, -0.25) is 0 Å². The molecule has 2 aromatic heterocycles. The lowest BCUT2D eigenvalue weighted by Gasteiger charge is -2.00. The van der Waals surface area contributed by atoms with E-state index in [4.69, 9.17) is 9.63 Å². The van der Waals surface area contributed by atoms with Gasteiger partial charge in [-0.2, -0.15) is 0 Å². The summed E-state index contributed by atoms with van der Waals surface area (Å²) in [5.41, 5.74) is 0.458. The maximum atomic E-state index is 11.9. The van der Waals surface area contributed by atoms with Crippen molar-refractivity contribution in [2.75, 3.05) is 4.72 Å². The first-order chi connectivity index (χ1) is 8.38. The van der Waals surface area contributed by atoms with Crippen molar-refractivity contribution in [3.05, 3.63) is 28.8 Å². The number of rotatable bonds is 4. The molecule has 18 heavy (non-hydrogen) atoms. The third kappa shape index (κ3) is 2.51. The summed E-state index contributed by atoms with van der Waals surface area (Å²) in [7, 11) is -3.84. The molecule has 7 nitrogen and oxygen atoms in total. The highest BCUT2D eigenvalue weighted by Crippen LogP contribution is 2.23. The second kappa shape index (κ2) is 4.42. The topological polar surface area (TPSA) is 110 Å². The number of carboxylic acid groups (broad SMARTS) is 1. The van der Waals surface area contributed by atoms with Crippen molar-refractivity contribution in [2.45, 2.75) is 11.1 Å². The smallest absolute Gasteiger partial charge is 0.336 e. The molecule has 9 heteroatoms. The third-order valence-corrected chi connectivity index (χ3v) is 4.74. The number of nitrogens with zero attached hydrogens (tertiary/aromatic N) is 1. The van der Waals surface area contributed by atoms with Gasteiger partial charge < -0.3 is 9.63 Å². The Labute approximate surface area is 106 Å². The summed E-state index contributed by atoms with van der Waals surface area (Å²) >= 11 is 0.817. The SMILES string of the molecule is Cc1cc(NS(=O)(=O)c2cc(C(=O)O)cs2)on1. The number of aromatic carboxylic acids is 1. The molecule has 0 fully saturated rings. The summed E-state index contributed by atoms with van der Waals surface area (Å²) in [6.07, 6.45) is 0. The number of nitrogens with one attached hydrogen (secondary N) is 1. The van der Waals surface area contributed by atoms with Gasteiger partial charge in [0.25, 0.3) is 10.0 Å². The summed E-state index contributed by atoms with van der Waals surface area (Å²) in [5.74, 6) is -1.19. The molecule has 2 N–H and O–H groups in total. The highest BCUT2D eigenvalue weighted by Gasteiger charge is 2.20. The number of hydrogen-bond donors (Lipinski definition) is 2. The van der Waals surface area contributed by atoms with Crippen LogP contribution in [0.3, 0.4) is 0 Å². The van der Waals surface area contributed by atoms with Gasteiger partial charge in [0.2, 0.25) is 5.88 Å². The highest BCUT2D eigenvalue weighted by atomic mass is 32.2. The standard InChI is InChI=1S/C9H8N2O5S2/c1-5-2-7(16-10-5)11-18(14,15)8-3-6(4-17-8)9(12)13/h2-4,11H,1H3,(H,12,13). The van der Waals surface area contributed by atoms with Crippen LogP contribution in [0.1, 0.15) is 16.1 Å². The molecule has 0 aromatic carbocycles. The van der Waals surface area contributed by atoms with E-state index in [2.05, 4.69) is 9.88 Å². The number of anilines is 1. The number of hydrogen-bond acceptors (Lipinski definition) is 6. The van der Waals surface area contributed by atoms with Crippen LogP contribution in [-0.4, -0.2) is 24.7 Å². The van der Waals surface area contributed by atoms with Crippen LogP contribution in [0.4, 0.5) is 5.88 Å². The molecule has 0 spiro atoms. The van der Waals surface area contributed by atoms with Gasteiger partial charge in [-0.15, -0.1) is 11.3 Å². The fraction of sp³-hybridized carbons (Fsp3) is 0.111. The second-order valence-electron chi connectivity index (χ2n) is 3.40. The monoisotopic (exact) mass is 288 g/mol. The zero-order chi connectivity index (χ0) is 13.3. The number of thiophene rings is 1. The van der Waals surface area contributed by atoms with Crippen LogP contribution in [0, 0.1) is 6.92 Å². The van der Waals surface area contributed by atoms with E-state index in [1.165, 1.54) is 11.4 Å². The van der Waals surface area contributed by atoms with Crippen LogP contribution in [0.5, 0.6) is 0 Å². The number of aromatic nitrogens is 1. The van der Waals surface area contributed by atoms with E-state index in [1.54, 1.807) is 6.92 Å². The first-order valence-corrected chi connectivity index (χ1v) is 7.03. The highest BCUT2D eigenvalue weighted by molar-refractivity contribution is 7.94. The Balaban J connectivity index is 2.27. The van der Waals surface area contributed by atoms with Crippen molar-refractivity contribution in [3.8, 4) is 0 Å². The van der Waals surface area contributed by atoms with Crippen LogP contribution in [0.25, 0.3) is 0 Å². The molecule has 2 rings (SSSR count). The van der Waals surface area contributed by atoms with Crippen molar-refractivity contribution >= 4 is 33.2 Å². The average molecular weight is 288 g/mol. The van der Waals surface area contributed by atoms with Crippen LogP contribution >= 0.6 is 11.3 Å². The largest absolute Gasteiger partial charge is 0.478 e. The Bertz CT molecular complexity index is 685. The lowest BCUT2D eigenvalue weighted by molar-refractivity contribution is 0.0697. The number of carboxylic acids is 1. The van der Waals surface area contributed by atoms with Crippen molar-refractivity contribution in [1.29, 1.82) is 0 Å². The zero-order valence-corrected chi connectivity index (χ0v) is 10.7. The molecule has 0 aliphatic carbocycles. The number of sulfonamides is 1. The predicted molar refractivity (Wildman–Crippen MR) is 63.3 cm³/mol. The predicted octanol–water partition coefficient (Wildman–Crippen LogP) is 1.54. The molecule has 0 unspecified atom stereocenters. The summed E-state index contributed by atoms with van der Waals surface area (Å²) in [6, 6.07) is 2.50. The number of aryl methyl sites for hydroxylation is 1. The molecule has 0 aliphatic heterocycles. The fourth-order valence-electron chi connectivity index (χ4n) is 1.16. The molecular weight excluding hydrogens is 280 g/mol. The molecule has 2 heterocycles. The van der Waals surface area contributed by atoms with Gasteiger partial charge in [-0.25, -0.2) is 17.9 Å². The average Bonchev–Trinajstić information content (AvgIpc) is 2.86. The summed E-state index contributed by atoms with van der Waals surface area (Å²) < 4.78 is 30.5. The molecule has 0 radical (unpaired) electrons. The van der Waals surface area contributed by atoms with Gasteiger partial charge in [0.05, 0.1) is 11.3 Å². The fourth-order valence-corrected chi connectivity index (χ4v) is 3.29. The van der Waals surface area contributed by atoms with Crippen LogP contribution in [-0.2, 0) is 10.0 Å². The Morgan fingerprint density at radius 2 is 2.22 bits per heavy atom. The Morgan fingerprint density at radius 1 is 1.50 bits per heavy atom. The van der Waals surface area contributed by atoms with Crippen LogP contribution < -0.4 is 4.72 Å². The molecule has 0 aliphatic rings. The van der Waals surface area contributed by atoms with Crippen molar-refractivity contribution < 1.29 is 22.8 Å². The third-order valence-electron chi connectivity index (χ3n) is 1.95. The van der Waals surface area contributed by atoms with Crippen LogP contribution in [0.2, 0.25) is 0 Å². The Hall–Kier alpha value is -1.87. The number of carbonyl (C=O) groups is 1. The van der Waals surface area contributed by atoms with Gasteiger partial charge in [0.15, 0.2) is 0 Å². The maximum Gasteiger partial charge on any atom is 0.336 e. The van der Waals surface area contributed by atoms with Crippen molar-refractivity contribution in [2.24, 2.45) is 0 Å².